The second-order valence-electron chi connectivity index (χ2n) is 3.93. The molecule has 0 bridgehead atoms. The molecule has 0 amide bonds. The van der Waals surface area contributed by atoms with Crippen molar-refractivity contribution in [3.63, 3.8) is 0 Å². The van der Waals surface area contributed by atoms with Gasteiger partial charge in [-0.1, -0.05) is 47.6 Å². The lowest BCUT2D eigenvalue weighted by Gasteiger charge is -2.05. The highest BCUT2D eigenvalue weighted by molar-refractivity contribution is 5.90. The topological polar surface area (TPSA) is 58.9 Å². The first-order chi connectivity index (χ1) is 9.29. The first kappa shape index (κ1) is 12.8. The number of oxime groups is 1. The first-order valence-electron chi connectivity index (χ1n) is 5.78. The third-order valence-corrected chi connectivity index (χ3v) is 2.57. The largest absolute Gasteiger partial charge is 0.457 e. The lowest BCUT2D eigenvalue weighted by Crippen LogP contribution is -2.05. The van der Waals surface area contributed by atoms with Crippen LogP contribution in [0.15, 0.2) is 59.8 Å². The van der Waals surface area contributed by atoms with Gasteiger partial charge in [0.15, 0.2) is 0 Å². The molecule has 0 atom stereocenters. The molecule has 0 aliphatic carbocycles. The zero-order valence-electron chi connectivity index (χ0n) is 10.2. The van der Waals surface area contributed by atoms with Crippen molar-refractivity contribution in [2.24, 2.45) is 5.16 Å². The van der Waals surface area contributed by atoms with Crippen LogP contribution >= 0.6 is 0 Å². The number of carbonyl (C=O) groups excluding carboxylic acids is 1. The van der Waals surface area contributed by atoms with Crippen LogP contribution in [0.4, 0.5) is 0 Å². The minimum atomic E-state index is -0.378. The van der Waals surface area contributed by atoms with E-state index in [0.717, 1.165) is 5.56 Å². The monoisotopic (exact) mass is 255 g/mol. The van der Waals surface area contributed by atoms with Crippen LogP contribution in [0.3, 0.4) is 0 Å². The zero-order chi connectivity index (χ0) is 13.5. The fraction of sp³-hybridized carbons (Fsp3) is 0.0667. The molecule has 0 aliphatic heterocycles. The molecule has 1 N–H and O–H groups in total. The predicted octanol–water partition coefficient (Wildman–Crippen LogP) is 2.85. The van der Waals surface area contributed by atoms with Crippen LogP contribution in [0, 0.1) is 0 Å². The summed E-state index contributed by atoms with van der Waals surface area (Å²) in [5, 5.41) is 11.3. The standard InChI is InChI=1S/C15H13NO3/c17-15(19-11-13-4-2-1-3-5-13)14-8-6-12(7-9-14)10-16-18/h1-10,18H,11H2/b16-10+. The van der Waals surface area contributed by atoms with Gasteiger partial charge in [0.1, 0.15) is 6.61 Å². The summed E-state index contributed by atoms with van der Waals surface area (Å²) in [5.41, 5.74) is 2.12. The summed E-state index contributed by atoms with van der Waals surface area (Å²) < 4.78 is 5.19. The van der Waals surface area contributed by atoms with Crippen LogP contribution in [-0.4, -0.2) is 17.4 Å². The van der Waals surface area contributed by atoms with Crippen LogP contribution in [-0.2, 0) is 11.3 Å². The Hall–Kier alpha value is -2.62. The van der Waals surface area contributed by atoms with Crippen molar-refractivity contribution in [1.29, 1.82) is 0 Å². The van der Waals surface area contributed by atoms with Gasteiger partial charge in [-0.15, -0.1) is 0 Å². The van der Waals surface area contributed by atoms with E-state index in [-0.39, 0.29) is 12.6 Å². The lowest BCUT2D eigenvalue weighted by atomic mass is 10.1. The van der Waals surface area contributed by atoms with Gasteiger partial charge >= 0.3 is 5.97 Å². The fourth-order valence-electron chi connectivity index (χ4n) is 1.58. The van der Waals surface area contributed by atoms with E-state index in [1.54, 1.807) is 24.3 Å². The van der Waals surface area contributed by atoms with Gasteiger partial charge in [-0.05, 0) is 23.3 Å². The average molecular weight is 255 g/mol. The van der Waals surface area contributed by atoms with E-state index in [1.165, 1.54) is 6.21 Å². The van der Waals surface area contributed by atoms with Crippen molar-refractivity contribution < 1.29 is 14.7 Å². The summed E-state index contributed by atoms with van der Waals surface area (Å²) in [4.78, 5) is 11.8. The number of nitrogens with zero attached hydrogens (tertiary/aromatic N) is 1. The summed E-state index contributed by atoms with van der Waals surface area (Å²) in [6.07, 6.45) is 1.29. The van der Waals surface area contributed by atoms with E-state index in [9.17, 15) is 4.79 Å². The van der Waals surface area contributed by atoms with E-state index >= 15 is 0 Å². The second-order valence-corrected chi connectivity index (χ2v) is 3.93. The number of hydrogen-bond donors (Lipinski definition) is 1. The van der Waals surface area contributed by atoms with Crippen molar-refractivity contribution in [3.8, 4) is 0 Å². The molecule has 4 heteroatoms. The molecule has 0 saturated carbocycles. The van der Waals surface area contributed by atoms with Gasteiger partial charge in [0, 0.05) is 0 Å². The van der Waals surface area contributed by atoms with E-state index in [4.69, 9.17) is 9.94 Å². The predicted molar refractivity (Wildman–Crippen MR) is 71.4 cm³/mol. The summed E-state index contributed by atoms with van der Waals surface area (Å²) in [7, 11) is 0. The van der Waals surface area contributed by atoms with E-state index in [2.05, 4.69) is 5.16 Å². The second kappa shape index (κ2) is 6.35. The molecule has 0 aromatic heterocycles. The summed E-state index contributed by atoms with van der Waals surface area (Å²) in [5.74, 6) is -0.378. The molecule has 4 nitrogen and oxygen atoms in total. The van der Waals surface area contributed by atoms with Crippen LogP contribution in [0.2, 0.25) is 0 Å². The molecule has 96 valence electrons. The highest BCUT2D eigenvalue weighted by atomic mass is 16.5. The van der Waals surface area contributed by atoms with Crippen molar-refractivity contribution in [2.45, 2.75) is 6.61 Å². The number of benzene rings is 2. The molecule has 19 heavy (non-hydrogen) atoms. The molecular formula is C15H13NO3. The Labute approximate surface area is 111 Å². The first-order valence-corrected chi connectivity index (χ1v) is 5.78. The van der Waals surface area contributed by atoms with Crippen LogP contribution < -0.4 is 0 Å². The molecule has 0 aliphatic rings. The maximum Gasteiger partial charge on any atom is 0.338 e. The van der Waals surface area contributed by atoms with Gasteiger partial charge in [-0.3, -0.25) is 0 Å². The van der Waals surface area contributed by atoms with Crippen LogP contribution in [0.5, 0.6) is 0 Å². The molecule has 0 unspecified atom stereocenters. The van der Waals surface area contributed by atoms with Gasteiger partial charge in [-0.2, -0.15) is 0 Å². The summed E-state index contributed by atoms with van der Waals surface area (Å²) >= 11 is 0. The smallest absolute Gasteiger partial charge is 0.338 e. The van der Waals surface area contributed by atoms with Crippen molar-refractivity contribution in [1.82, 2.24) is 0 Å². The van der Waals surface area contributed by atoms with E-state index in [1.807, 2.05) is 30.3 Å². The number of hydrogen-bond acceptors (Lipinski definition) is 4. The molecule has 2 rings (SSSR count). The summed E-state index contributed by atoms with van der Waals surface area (Å²) in [6, 6.07) is 16.1. The van der Waals surface area contributed by atoms with Gasteiger partial charge in [0.05, 0.1) is 11.8 Å². The fourth-order valence-corrected chi connectivity index (χ4v) is 1.58. The number of ether oxygens (including phenoxy) is 1. The van der Waals surface area contributed by atoms with Crippen molar-refractivity contribution in [3.05, 3.63) is 71.3 Å². The number of rotatable bonds is 4. The Balaban J connectivity index is 1.96. The summed E-state index contributed by atoms with van der Waals surface area (Å²) in [6.45, 7) is 0.250. The van der Waals surface area contributed by atoms with Gasteiger partial charge < -0.3 is 9.94 Å². The average Bonchev–Trinajstić information content (AvgIpc) is 2.47. The maximum atomic E-state index is 11.8. The lowest BCUT2D eigenvalue weighted by molar-refractivity contribution is 0.0472. The van der Waals surface area contributed by atoms with Gasteiger partial charge in [0.25, 0.3) is 0 Å². The van der Waals surface area contributed by atoms with E-state index in [0.29, 0.717) is 11.1 Å². The SMILES string of the molecule is O=C(OCc1ccccc1)c1ccc(/C=N/O)cc1. The maximum absolute atomic E-state index is 11.8. The molecule has 2 aromatic carbocycles. The zero-order valence-corrected chi connectivity index (χ0v) is 10.2. The van der Waals surface area contributed by atoms with Crippen LogP contribution in [0.1, 0.15) is 21.5 Å². The minimum Gasteiger partial charge on any atom is -0.457 e. The Bertz CT molecular complexity index is 562. The third-order valence-electron chi connectivity index (χ3n) is 2.57. The third kappa shape index (κ3) is 3.67. The Kier molecular flexibility index (Phi) is 4.29. The Morgan fingerprint density at radius 1 is 1.11 bits per heavy atom. The Morgan fingerprint density at radius 3 is 2.42 bits per heavy atom. The van der Waals surface area contributed by atoms with Crippen molar-refractivity contribution in [2.75, 3.05) is 0 Å². The molecule has 0 heterocycles. The molecule has 2 aromatic rings. The number of esters is 1. The molecule has 0 radical (unpaired) electrons. The van der Waals surface area contributed by atoms with Gasteiger partial charge in [-0.25, -0.2) is 4.79 Å². The number of carbonyl (C=O) groups is 1. The highest BCUT2D eigenvalue weighted by Crippen LogP contribution is 2.07. The Morgan fingerprint density at radius 2 is 1.79 bits per heavy atom. The van der Waals surface area contributed by atoms with Crippen molar-refractivity contribution >= 4 is 12.2 Å². The van der Waals surface area contributed by atoms with Gasteiger partial charge in [0.2, 0.25) is 0 Å². The molecule has 0 fully saturated rings. The minimum absolute atomic E-state index is 0.250. The molecule has 0 saturated heterocycles. The quantitative estimate of drug-likeness (QED) is 0.395. The van der Waals surface area contributed by atoms with Crippen LogP contribution in [0.25, 0.3) is 0 Å². The molecule has 0 spiro atoms. The normalized spacial score (nSPS) is 10.5. The highest BCUT2D eigenvalue weighted by Gasteiger charge is 2.06. The van der Waals surface area contributed by atoms with E-state index < -0.39 is 0 Å². The molecular weight excluding hydrogens is 242 g/mol.